The molecule has 11 nitrogen and oxygen atoms in total. The van der Waals surface area contributed by atoms with E-state index in [1.54, 1.807) is 38.1 Å². The van der Waals surface area contributed by atoms with E-state index in [9.17, 15) is 19.2 Å². The van der Waals surface area contributed by atoms with E-state index < -0.39 is 30.0 Å². The van der Waals surface area contributed by atoms with Crippen molar-refractivity contribution in [2.75, 3.05) is 18.4 Å². The van der Waals surface area contributed by atoms with Crippen LogP contribution in [0.25, 0.3) is 0 Å². The first kappa shape index (κ1) is 30.9. The molecule has 0 aliphatic carbocycles. The number of aliphatic hydroxyl groups excluding tert-OH is 1. The fourth-order valence-electron chi connectivity index (χ4n) is 2.85. The Hall–Kier alpha value is -4.12. The summed E-state index contributed by atoms with van der Waals surface area (Å²) in [6.45, 7) is 5.98. The lowest BCUT2D eigenvalue weighted by Crippen LogP contribution is -2.51. The molecule has 2 aromatic rings. The van der Waals surface area contributed by atoms with E-state index in [1.165, 1.54) is 0 Å². The van der Waals surface area contributed by atoms with E-state index in [4.69, 9.17) is 15.6 Å². The van der Waals surface area contributed by atoms with E-state index in [2.05, 4.69) is 21.3 Å². The highest BCUT2D eigenvalue weighted by molar-refractivity contribution is 5.95. The largest absolute Gasteiger partial charge is 0.445 e. The first-order valence-electron chi connectivity index (χ1n) is 11.9. The molecule has 7 N–H and O–H groups in total. The lowest BCUT2D eigenvalue weighted by atomic mass is 10.0. The molecule has 2 rings (SSSR count). The van der Waals surface area contributed by atoms with Gasteiger partial charge < -0.3 is 36.8 Å². The maximum absolute atomic E-state index is 12.4. The Kier molecular flexibility index (Phi) is 14.5. The number of anilines is 1. The van der Waals surface area contributed by atoms with Crippen molar-refractivity contribution in [3.8, 4) is 0 Å². The van der Waals surface area contributed by atoms with Crippen LogP contribution in [0.15, 0.2) is 54.6 Å². The molecule has 0 aromatic heterocycles. The van der Waals surface area contributed by atoms with Gasteiger partial charge in [-0.2, -0.15) is 0 Å². The summed E-state index contributed by atoms with van der Waals surface area (Å²) in [7, 11) is 0. The molecule has 0 spiro atoms. The van der Waals surface area contributed by atoms with Gasteiger partial charge in [0.15, 0.2) is 0 Å². The van der Waals surface area contributed by atoms with Crippen molar-refractivity contribution in [1.29, 1.82) is 0 Å². The predicted octanol–water partition coefficient (Wildman–Crippen LogP) is 2.25. The third kappa shape index (κ3) is 13.5. The molecule has 37 heavy (non-hydrogen) atoms. The van der Waals surface area contributed by atoms with Crippen molar-refractivity contribution >= 4 is 29.6 Å². The molecule has 1 unspecified atom stereocenters. The summed E-state index contributed by atoms with van der Waals surface area (Å²) in [6, 6.07) is 14.6. The zero-order chi connectivity index (χ0) is 27.6. The zero-order valence-electron chi connectivity index (χ0n) is 21.5. The Balaban J connectivity index is 0.000000856. The molecule has 5 amide bonds. The Morgan fingerprint density at radius 1 is 0.946 bits per heavy atom. The molecule has 0 bridgehead atoms. The molecule has 2 aromatic carbocycles. The van der Waals surface area contributed by atoms with Gasteiger partial charge in [0.1, 0.15) is 12.6 Å². The lowest BCUT2D eigenvalue weighted by Gasteiger charge is -2.21. The van der Waals surface area contributed by atoms with Gasteiger partial charge in [0.05, 0.1) is 13.2 Å². The number of alkyl carbamates (subject to hydrolysis) is 1. The number of rotatable bonds is 11. The molecule has 0 aliphatic rings. The Morgan fingerprint density at radius 2 is 1.59 bits per heavy atom. The number of hydrogen-bond donors (Lipinski definition) is 6. The van der Waals surface area contributed by atoms with E-state index in [-0.39, 0.29) is 25.7 Å². The molecule has 0 aliphatic heterocycles. The van der Waals surface area contributed by atoms with Crippen molar-refractivity contribution in [3.63, 3.8) is 0 Å². The van der Waals surface area contributed by atoms with Crippen LogP contribution in [0.2, 0.25) is 0 Å². The standard InChI is InChI=1S/C22H27N3O5.C4H10N2O/c1-15(2)20(25-22(29)30-14-17-6-4-3-5-7-17)21(28)23-12-19(27)24-18-10-8-16(13-26)9-11-18;1-2-3-6-4(5)7/h3-11,15,20,26H,12-14H2,1-2H3,(H,23,28)(H,24,27)(H,25,29);2-3H2,1H3,(H3,5,6,7). The van der Waals surface area contributed by atoms with Crippen LogP contribution in [-0.4, -0.2) is 48.2 Å². The Bertz CT molecular complexity index is 983. The van der Waals surface area contributed by atoms with E-state index in [0.29, 0.717) is 12.2 Å². The number of carbonyl (C=O) groups is 4. The summed E-state index contributed by atoms with van der Waals surface area (Å²) >= 11 is 0. The van der Waals surface area contributed by atoms with Crippen molar-refractivity contribution < 1.29 is 29.0 Å². The number of benzene rings is 2. The molecule has 202 valence electrons. The number of carbonyl (C=O) groups excluding carboxylic acids is 4. The molecule has 0 fully saturated rings. The number of aliphatic hydroxyl groups is 1. The SMILES string of the molecule is CC(C)C(NC(=O)OCc1ccccc1)C(=O)NCC(=O)Nc1ccc(CO)cc1.CCCNC(N)=O. The number of hydrogen-bond acceptors (Lipinski definition) is 6. The van der Waals surface area contributed by atoms with Crippen LogP contribution < -0.4 is 27.0 Å². The fraction of sp³-hybridized carbons (Fsp3) is 0.385. The van der Waals surface area contributed by atoms with Crippen LogP contribution in [0.1, 0.15) is 38.3 Å². The average Bonchev–Trinajstić information content (AvgIpc) is 2.89. The number of primary amides is 1. The minimum Gasteiger partial charge on any atom is -0.445 e. The van der Waals surface area contributed by atoms with Gasteiger partial charge in [-0.05, 0) is 35.6 Å². The van der Waals surface area contributed by atoms with E-state index in [0.717, 1.165) is 17.5 Å². The third-order valence-corrected chi connectivity index (χ3v) is 4.83. The summed E-state index contributed by atoms with van der Waals surface area (Å²) < 4.78 is 5.16. The number of urea groups is 1. The molecule has 0 saturated carbocycles. The van der Waals surface area contributed by atoms with E-state index >= 15 is 0 Å². The van der Waals surface area contributed by atoms with E-state index in [1.807, 2.05) is 37.3 Å². The first-order valence-corrected chi connectivity index (χ1v) is 11.9. The predicted molar refractivity (Wildman–Crippen MR) is 140 cm³/mol. The second kappa shape index (κ2) is 17.3. The Morgan fingerprint density at radius 3 is 2.11 bits per heavy atom. The molecule has 0 saturated heterocycles. The van der Waals surface area contributed by atoms with Crippen LogP contribution in [0.4, 0.5) is 15.3 Å². The summed E-state index contributed by atoms with van der Waals surface area (Å²) in [5.74, 6) is -1.09. The quantitative estimate of drug-likeness (QED) is 0.268. The van der Waals surface area contributed by atoms with Gasteiger partial charge in [-0.15, -0.1) is 0 Å². The molecular formula is C26H37N5O6. The van der Waals surface area contributed by atoms with Crippen molar-refractivity contribution in [1.82, 2.24) is 16.0 Å². The molecule has 0 radical (unpaired) electrons. The van der Waals surface area contributed by atoms with Gasteiger partial charge in [0.2, 0.25) is 11.8 Å². The van der Waals surface area contributed by atoms with Crippen molar-refractivity contribution in [2.24, 2.45) is 11.7 Å². The van der Waals surface area contributed by atoms with Gasteiger partial charge in [-0.25, -0.2) is 9.59 Å². The van der Waals surface area contributed by atoms with Gasteiger partial charge in [-0.1, -0.05) is 63.2 Å². The molecule has 11 heteroatoms. The topological polar surface area (TPSA) is 172 Å². The first-order chi connectivity index (χ1) is 17.7. The maximum Gasteiger partial charge on any atom is 0.408 e. The lowest BCUT2D eigenvalue weighted by molar-refractivity contribution is -0.126. The summed E-state index contributed by atoms with van der Waals surface area (Å²) in [6.07, 6.45) is 0.226. The number of amides is 5. The normalized spacial score (nSPS) is 10.8. The van der Waals surface area contributed by atoms with Crippen LogP contribution in [0.5, 0.6) is 0 Å². The summed E-state index contributed by atoms with van der Waals surface area (Å²) in [4.78, 5) is 46.4. The van der Waals surface area contributed by atoms with Gasteiger partial charge in [-0.3, -0.25) is 9.59 Å². The highest BCUT2D eigenvalue weighted by atomic mass is 16.5. The third-order valence-electron chi connectivity index (χ3n) is 4.83. The van der Waals surface area contributed by atoms with Crippen LogP contribution in [0.3, 0.4) is 0 Å². The number of nitrogens with two attached hydrogens (primary N) is 1. The van der Waals surface area contributed by atoms with Crippen molar-refractivity contribution in [2.45, 2.75) is 46.4 Å². The summed E-state index contributed by atoms with van der Waals surface area (Å²) in [5.41, 5.74) is 6.84. The van der Waals surface area contributed by atoms with Gasteiger partial charge in [0.25, 0.3) is 0 Å². The molecule has 0 heterocycles. The smallest absolute Gasteiger partial charge is 0.408 e. The monoisotopic (exact) mass is 515 g/mol. The second-order valence-corrected chi connectivity index (χ2v) is 8.34. The Labute approximate surface area is 217 Å². The molecule has 1 atom stereocenters. The molecular weight excluding hydrogens is 478 g/mol. The minimum atomic E-state index is -0.843. The highest BCUT2D eigenvalue weighted by Gasteiger charge is 2.25. The minimum absolute atomic E-state index is 0.0817. The van der Waals surface area contributed by atoms with Crippen LogP contribution in [-0.2, 0) is 27.5 Å². The summed E-state index contributed by atoms with van der Waals surface area (Å²) in [5, 5.41) is 19.2. The van der Waals surface area contributed by atoms with Gasteiger partial charge >= 0.3 is 12.1 Å². The number of ether oxygens (including phenoxy) is 1. The van der Waals surface area contributed by atoms with Crippen LogP contribution >= 0.6 is 0 Å². The second-order valence-electron chi connectivity index (χ2n) is 8.34. The number of nitrogens with one attached hydrogen (secondary N) is 4. The average molecular weight is 516 g/mol. The zero-order valence-corrected chi connectivity index (χ0v) is 21.5. The van der Waals surface area contributed by atoms with Crippen molar-refractivity contribution in [3.05, 3.63) is 65.7 Å². The van der Waals surface area contributed by atoms with Gasteiger partial charge in [0, 0.05) is 12.2 Å². The maximum atomic E-state index is 12.4. The highest BCUT2D eigenvalue weighted by Crippen LogP contribution is 2.09. The fourth-order valence-corrected chi connectivity index (χ4v) is 2.85. The van der Waals surface area contributed by atoms with Crippen LogP contribution in [0, 0.1) is 5.92 Å².